The van der Waals surface area contributed by atoms with Gasteiger partial charge in [0, 0.05) is 31.1 Å². The normalized spacial score (nSPS) is 16.9. The summed E-state index contributed by atoms with van der Waals surface area (Å²) in [5, 5.41) is 7.88. The molecule has 7 heteroatoms. The number of allylic oxidation sites excluding steroid dienone is 3. The molecule has 0 saturated carbocycles. The number of anilines is 2. The zero-order valence-corrected chi connectivity index (χ0v) is 16.7. The Bertz CT molecular complexity index is 991. The molecule has 1 saturated heterocycles. The number of hydrogen-bond donors (Lipinski definition) is 1. The Morgan fingerprint density at radius 2 is 2.21 bits per heavy atom. The molecule has 1 aromatic heterocycles. The van der Waals surface area contributed by atoms with E-state index in [-0.39, 0.29) is 17.8 Å². The Kier molecular flexibility index (Phi) is 5.24. The fourth-order valence-electron chi connectivity index (χ4n) is 3.81. The van der Waals surface area contributed by atoms with Crippen LogP contribution in [0.15, 0.2) is 36.9 Å². The summed E-state index contributed by atoms with van der Waals surface area (Å²) in [5.74, 6) is 0.262. The summed E-state index contributed by atoms with van der Waals surface area (Å²) in [6.07, 6.45) is 4.33. The molecule has 1 N–H and O–H groups in total. The van der Waals surface area contributed by atoms with Crippen LogP contribution in [0.2, 0.25) is 0 Å². The maximum absolute atomic E-state index is 14.8. The fraction of sp³-hybridized carbons (Fsp3) is 0.364. The molecular formula is C22H25FN4O2. The summed E-state index contributed by atoms with van der Waals surface area (Å²) < 4.78 is 22.1. The number of ether oxygens (including phenoxy) is 1. The number of halogens is 1. The van der Waals surface area contributed by atoms with Crippen LogP contribution in [0, 0.1) is 5.82 Å². The predicted molar refractivity (Wildman–Crippen MR) is 110 cm³/mol. The van der Waals surface area contributed by atoms with E-state index in [4.69, 9.17) is 9.84 Å². The number of carbonyl (C=O) groups excluding carboxylic acids is 1. The van der Waals surface area contributed by atoms with Crippen LogP contribution in [0.5, 0.6) is 0 Å². The van der Waals surface area contributed by atoms with Crippen LogP contribution in [-0.2, 0) is 22.5 Å². The van der Waals surface area contributed by atoms with Gasteiger partial charge in [0.05, 0.1) is 31.5 Å². The lowest BCUT2D eigenvalue weighted by atomic mass is 10.0. The number of amides is 1. The van der Waals surface area contributed by atoms with Crippen LogP contribution in [0.1, 0.15) is 36.7 Å². The summed E-state index contributed by atoms with van der Waals surface area (Å²) in [6.45, 7) is 9.62. The van der Waals surface area contributed by atoms with E-state index in [0.717, 1.165) is 28.8 Å². The minimum Gasteiger partial charge on any atom is -0.377 e. The number of carbonyl (C=O) groups is 1. The lowest BCUT2D eigenvalue weighted by Gasteiger charge is -2.31. The molecule has 2 aromatic rings. The molecule has 2 aliphatic heterocycles. The van der Waals surface area contributed by atoms with Crippen LogP contribution in [0.3, 0.4) is 0 Å². The Labute approximate surface area is 169 Å². The smallest absolute Gasteiger partial charge is 0.219 e. The van der Waals surface area contributed by atoms with E-state index < -0.39 is 0 Å². The number of rotatable bonds is 5. The molecule has 0 radical (unpaired) electrons. The number of fused-ring (bicyclic) bond motifs is 1. The van der Waals surface area contributed by atoms with Crippen LogP contribution < -0.4 is 5.32 Å². The van der Waals surface area contributed by atoms with Crippen molar-refractivity contribution in [2.24, 2.45) is 0 Å². The highest BCUT2D eigenvalue weighted by Crippen LogP contribution is 2.33. The van der Waals surface area contributed by atoms with Crippen molar-refractivity contribution in [3.8, 4) is 0 Å². The van der Waals surface area contributed by atoms with E-state index in [1.165, 1.54) is 6.07 Å². The monoisotopic (exact) mass is 396 g/mol. The highest BCUT2D eigenvalue weighted by Gasteiger charge is 2.31. The van der Waals surface area contributed by atoms with Crippen molar-refractivity contribution < 1.29 is 13.9 Å². The van der Waals surface area contributed by atoms with Gasteiger partial charge >= 0.3 is 0 Å². The van der Waals surface area contributed by atoms with E-state index in [0.29, 0.717) is 37.8 Å². The Morgan fingerprint density at radius 3 is 2.79 bits per heavy atom. The van der Waals surface area contributed by atoms with Gasteiger partial charge in [0.25, 0.3) is 0 Å². The van der Waals surface area contributed by atoms with Crippen LogP contribution >= 0.6 is 0 Å². The van der Waals surface area contributed by atoms with Gasteiger partial charge in [0.1, 0.15) is 5.82 Å². The molecule has 152 valence electrons. The quantitative estimate of drug-likeness (QED) is 0.781. The minimum absolute atomic E-state index is 0.0279. The van der Waals surface area contributed by atoms with Crippen molar-refractivity contribution >= 4 is 23.0 Å². The van der Waals surface area contributed by atoms with Gasteiger partial charge in [-0.25, -0.2) is 4.39 Å². The van der Waals surface area contributed by atoms with Gasteiger partial charge in [0.2, 0.25) is 5.91 Å². The van der Waals surface area contributed by atoms with Gasteiger partial charge in [0.15, 0.2) is 5.82 Å². The summed E-state index contributed by atoms with van der Waals surface area (Å²) in [5.41, 5.74) is 4.04. The number of nitrogens with one attached hydrogen (secondary N) is 1. The number of nitrogens with zero attached hydrogens (tertiary/aromatic N) is 3. The van der Waals surface area contributed by atoms with Crippen LogP contribution in [0.25, 0.3) is 5.57 Å². The number of aromatic nitrogens is 2. The van der Waals surface area contributed by atoms with E-state index >= 15 is 0 Å². The highest BCUT2D eigenvalue weighted by atomic mass is 19.1. The van der Waals surface area contributed by atoms with E-state index in [1.54, 1.807) is 24.0 Å². The van der Waals surface area contributed by atoms with Gasteiger partial charge < -0.3 is 15.0 Å². The molecule has 0 aliphatic carbocycles. The highest BCUT2D eigenvalue weighted by molar-refractivity contribution is 5.76. The predicted octanol–water partition coefficient (Wildman–Crippen LogP) is 3.83. The van der Waals surface area contributed by atoms with E-state index in [9.17, 15) is 9.18 Å². The van der Waals surface area contributed by atoms with Crippen LogP contribution in [0.4, 0.5) is 15.9 Å². The third-order valence-corrected chi connectivity index (χ3v) is 5.58. The van der Waals surface area contributed by atoms with Crippen LogP contribution in [-0.4, -0.2) is 40.3 Å². The molecule has 29 heavy (non-hydrogen) atoms. The average Bonchev–Trinajstić information content (AvgIpc) is 3.01. The maximum atomic E-state index is 14.8. The van der Waals surface area contributed by atoms with E-state index in [1.807, 2.05) is 23.7 Å². The van der Waals surface area contributed by atoms with Crippen molar-refractivity contribution in [3.05, 3.63) is 59.6 Å². The zero-order chi connectivity index (χ0) is 20.5. The molecule has 0 unspecified atom stereocenters. The molecule has 0 bridgehead atoms. The summed E-state index contributed by atoms with van der Waals surface area (Å²) in [6, 6.07) is 5.25. The summed E-state index contributed by atoms with van der Waals surface area (Å²) >= 11 is 0. The molecule has 4 rings (SSSR count). The van der Waals surface area contributed by atoms with Gasteiger partial charge in [-0.1, -0.05) is 24.8 Å². The molecule has 3 heterocycles. The first-order chi connectivity index (χ1) is 14.0. The van der Waals surface area contributed by atoms with Gasteiger partial charge in [-0.2, -0.15) is 5.10 Å². The lowest BCUT2D eigenvalue weighted by Crippen LogP contribution is -2.37. The third kappa shape index (κ3) is 3.58. The molecule has 0 atom stereocenters. The summed E-state index contributed by atoms with van der Waals surface area (Å²) in [7, 11) is 0. The second-order valence-corrected chi connectivity index (χ2v) is 7.37. The molecule has 1 fully saturated rings. The molecule has 2 aliphatic rings. The molecule has 0 spiro atoms. The Balaban J connectivity index is 1.67. The van der Waals surface area contributed by atoms with Crippen molar-refractivity contribution in [2.45, 2.75) is 32.9 Å². The molecule has 1 aromatic carbocycles. The molecule has 6 nitrogen and oxygen atoms in total. The topological polar surface area (TPSA) is 59.4 Å². The largest absolute Gasteiger partial charge is 0.377 e. The van der Waals surface area contributed by atoms with Crippen molar-refractivity contribution in [2.75, 3.05) is 25.1 Å². The van der Waals surface area contributed by atoms with Crippen molar-refractivity contribution in [3.63, 3.8) is 0 Å². The Hall–Kier alpha value is -2.93. The first-order valence-electron chi connectivity index (χ1n) is 9.81. The first-order valence-corrected chi connectivity index (χ1v) is 9.81. The summed E-state index contributed by atoms with van der Waals surface area (Å²) in [4.78, 5) is 13.7. The third-order valence-electron chi connectivity index (χ3n) is 5.58. The minimum atomic E-state index is -0.363. The van der Waals surface area contributed by atoms with E-state index in [2.05, 4.69) is 11.9 Å². The molecule has 1 amide bonds. The molecular weight excluding hydrogens is 371 g/mol. The first kappa shape index (κ1) is 19.4. The Morgan fingerprint density at radius 1 is 1.41 bits per heavy atom. The van der Waals surface area contributed by atoms with Gasteiger partial charge in [-0.05, 0) is 30.2 Å². The number of benzene rings is 1. The zero-order valence-electron chi connectivity index (χ0n) is 16.7. The standard InChI is InChI=1S/C22H25FN4O2/c1-4-15(5-2)16-6-7-20(19(23)10-16)24-22-18-11-26(14(3)28)9-8-21(18)27(25-22)17-12-29-13-17/h4-7,10,17H,1,8-9,11-13H2,2-3H3,(H,24,25)/b15-5+. The number of hydrogen-bond acceptors (Lipinski definition) is 4. The van der Waals surface area contributed by atoms with Gasteiger partial charge in [-0.15, -0.1) is 0 Å². The SMILES string of the molecule is C=C/C(=C\C)c1ccc(Nc2nn(C3COC3)c3c2CN(C(C)=O)CC3)c(F)c1. The lowest BCUT2D eigenvalue weighted by molar-refractivity contribution is -0.129. The van der Waals surface area contributed by atoms with Gasteiger partial charge in [-0.3, -0.25) is 9.48 Å². The van der Waals surface area contributed by atoms with Crippen molar-refractivity contribution in [1.82, 2.24) is 14.7 Å². The average molecular weight is 396 g/mol. The second kappa shape index (κ2) is 7.83. The second-order valence-electron chi connectivity index (χ2n) is 7.37. The van der Waals surface area contributed by atoms with Crippen molar-refractivity contribution in [1.29, 1.82) is 0 Å². The fourth-order valence-corrected chi connectivity index (χ4v) is 3.81. The maximum Gasteiger partial charge on any atom is 0.219 e.